The van der Waals surface area contributed by atoms with Gasteiger partial charge in [-0.25, -0.2) is 4.79 Å². The van der Waals surface area contributed by atoms with E-state index in [1.165, 1.54) is 0 Å². The van der Waals surface area contributed by atoms with Gasteiger partial charge >= 0.3 is 5.97 Å². The summed E-state index contributed by atoms with van der Waals surface area (Å²) in [5, 5.41) is 14.3. The summed E-state index contributed by atoms with van der Waals surface area (Å²) >= 11 is 0. The van der Waals surface area contributed by atoms with Crippen LogP contribution < -0.4 is 5.32 Å². The van der Waals surface area contributed by atoms with Crippen LogP contribution in [0, 0.1) is 0 Å². The van der Waals surface area contributed by atoms with E-state index in [4.69, 9.17) is 5.11 Å². The number of nitrogens with one attached hydrogen (secondary N) is 1. The second kappa shape index (κ2) is 4.87. The zero-order valence-electron chi connectivity index (χ0n) is 9.68. The molecule has 0 spiro atoms. The minimum absolute atomic E-state index is 0.531. The van der Waals surface area contributed by atoms with Gasteiger partial charge in [-0.15, -0.1) is 0 Å². The molecule has 3 heteroatoms. The lowest BCUT2D eigenvalue weighted by atomic mass is 10.1. The van der Waals surface area contributed by atoms with Gasteiger partial charge in [0.2, 0.25) is 0 Å². The zero-order chi connectivity index (χ0) is 12.3. The summed E-state index contributed by atoms with van der Waals surface area (Å²) in [6.07, 6.45) is 0.558. The quantitative estimate of drug-likeness (QED) is 0.846. The van der Waals surface area contributed by atoms with E-state index < -0.39 is 12.0 Å². The van der Waals surface area contributed by atoms with Crippen molar-refractivity contribution in [3.63, 3.8) is 0 Å². The molecule has 0 aliphatic carbocycles. The number of aliphatic carboxylic acids is 1. The maximum atomic E-state index is 10.9. The third-order valence-corrected chi connectivity index (χ3v) is 2.80. The Kier molecular flexibility index (Phi) is 3.28. The summed E-state index contributed by atoms with van der Waals surface area (Å²) in [6.45, 7) is 1.85. The van der Waals surface area contributed by atoms with Gasteiger partial charge in [0.15, 0.2) is 0 Å². The Bertz CT molecular complexity index is 536. The molecule has 0 aliphatic heterocycles. The smallest absolute Gasteiger partial charge is 0.326 e. The highest BCUT2D eigenvalue weighted by Gasteiger charge is 2.13. The highest BCUT2D eigenvalue weighted by Crippen LogP contribution is 2.19. The van der Waals surface area contributed by atoms with E-state index in [0.717, 1.165) is 16.5 Å². The fraction of sp³-hybridized carbons (Fsp3) is 0.214. The average Bonchev–Trinajstić information content (AvgIpc) is 2.35. The number of benzene rings is 2. The minimum Gasteiger partial charge on any atom is -0.480 e. The standard InChI is InChI=1S/C14H15NO2/c1-2-13(14(16)17)15-12-8-7-10-5-3-4-6-11(10)9-12/h3-9,13,15H,2H2,1H3,(H,16,17). The molecule has 0 saturated heterocycles. The van der Waals surface area contributed by atoms with E-state index in [1.807, 2.05) is 49.4 Å². The molecule has 17 heavy (non-hydrogen) atoms. The Morgan fingerprint density at radius 1 is 1.24 bits per heavy atom. The summed E-state index contributed by atoms with van der Waals surface area (Å²) in [7, 11) is 0. The SMILES string of the molecule is CCC(Nc1ccc2ccccc2c1)C(=O)O. The Labute approximate surface area is 100 Å². The highest BCUT2D eigenvalue weighted by atomic mass is 16.4. The molecule has 2 N–H and O–H groups in total. The average molecular weight is 229 g/mol. The molecule has 1 unspecified atom stereocenters. The van der Waals surface area contributed by atoms with Gasteiger partial charge in [-0.3, -0.25) is 0 Å². The molecule has 2 aromatic carbocycles. The van der Waals surface area contributed by atoms with Crippen LogP contribution in [0.15, 0.2) is 42.5 Å². The maximum absolute atomic E-state index is 10.9. The second-order valence-corrected chi connectivity index (χ2v) is 4.01. The molecule has 0 bridgehead atoms. The van der Waals surface area contributed by atoms with Crippen molar-refractivity contribution in [1.82, 2.24) is 0 Å². The third kappa shape index (κ3) is 2.56. The van der Waals surface area contributed by atoms with Gasteiger partial charge in [-0.2, -0.15) is 0 Å². The van der Waals surface area contributed by atoms with Crippen LogP contribution in [0.5, 0.6) is 0 Å². The normalized spacial score (nSPS) is 12.3. The van der Waals surface area contributed by atoms with Crippen molar-refractivity contribution >= 4 is 22.4 Å². The van der Waals surface area contributed by atoms with E-state index in [9.17, 15) is 4.79 Å². The molecule has 0 aliphatic rings. The van der Waals surface area contributed by atoms with Crippen molar-refractivity contribution < 1.29 is 9.90 Å². The van der Waals surface area contributed by atoms with E-state index in [1.54, 1.807) is 0 Å². The first-order valence-electron chi connectivity index (χ1n) is 5.69. The van der Waals surface area contributed by atoms with Gasteiger partial charge < -0.3 is 10.4 Å². The lowest BCUT2D eigenvalue weighted by Gasteiger charge is -2.14. The van der Waals surface area contributed by atoms with Crippen LogP contribution in [0.1, 0.15) is 13.3 Å². The van der Waals surface area contributed by atoms with E-state index in [-0.39, 0.29) is 0 Å². The molecule has 88 valence electrons. The van der Waals surface area contributed by atoms with Gasteiger partial charge in [0.05, 0.1) is 0 Å². The van der Waals surface area contributed by atoms with Crippen molar-refractivity contribution in [2.24, 2.45) is 0 Å². The number of anilines is 1. The van der Waals surface area contributed by atoms with Crippen LogP contribution in [0.4, 0.5) is 5.69 Å². The lowest BCUT2D eigenvalue weighted by molar-refractivity contribution is -0.137. The molecular formula is C14H15NO2. The third-order valence-electron chi connectivity index (χ3n) is 2.80. The fourth-order valence-electron chi connectivity index (χ4n) is 1.82. The number of carboxylic acid groups (broad SMARTS) is 1. The van der Waals surface area contributed by atoms with E-state index >= 15 is 0 Å². The van der Waals surface area contributed by atoms with Gasteiger partial charge in [0, 0.05) is 5.69 Å². The number of carbonyl (C=O) groups is 1. The predicted octanol–water partition coefficient (Wildman–Crippen LogP) is 3.11. The molecule has 0 fully saturated rings. The minimum atomic E-state index is -0.819. The van der Waals surface area contributed by atoms with Crippen molar-refractivity contribution in [3.8, 4) is 0 Å². The molecule has 0 amide bonds. The van der Waals surface area contributed by atoms with Crippen LogP contribution >= 0.6 is 0 Å². The first kappa shape index (κ1) is 11.5. The Balaban J connectivity index is 2.27. The number of hydrogen-bond acceptors (Lipinski definition) is 2. The van der Waals surface area contributed by atoms with Gasteiger partial charge in [0.25, 0.3) is 0 Å². The molecule has 0 radical (unpaired) electrons. The first-order chi connectivity index (χ1) is 8.20. The number of fused-ring (bicyclic) bond motifs is 1. The maximum Gasteiger partial charge on any atom is 0.326 e. The van der Waals surface area contributed by atoms with Crippen LogP contribution in [0.2, 0.25) is 0 Å². The summed E-state index contributed by atoms with van der Waals surface area (Å²) in [4.78, 5) is 10.9. The fourth-order valence-corrected chi connectivity index (χ4v) is 1.82. The van der Waals surface area contributed by atoms with Crippen LogP contribution in [0.25, 0.3) is 10.8 Å². The van der Waals surface area contributed by atoms with Gasteiger partial charge in [-0.1, -0.05) is 37.3 Å². The molecule has 3 nitrogen and oxygen atoms in total. The predicted molar refractivity (Wildman–Crippen MR) is 69.3 cm³/mol. The molecule has 1 atom stereocenters. The number of rotatable bonds is 4. The largest absolute Gasteiger partial charge is 0.480 e. The summed E-state index contributed by atoms with van der Waals surface area (Å²) in [5.41, 5.74) is 0.845. The Morgan fingerprint density at radius 2 is 1.94 bits per heavy atom. The van der Waals surface area contributed by atoms with Gasteiger partial charge in [-0.05, 0) is 29.3 Å². The monoisotopic (exact) mass is 229 g/mol. The van der Waals surface area contributed by atoms with E-state index in [2.05, 4.69) is 5.32 Å². The van der Waals surface area contributed by atoms with Crippen molar-refractivity contribution in [1.29, 1.82) is 0 Å². The first-order valence-corrected chi connectivity index (χ1v) is 5.69. The second-order valence-electron chi connectivity index (χ2n) is 4.01. The summed E-state index contributed by atoms with van der Waals surface area (Å²) in [5.74, 6) is -0.819. The molecule has 0 saturated carbocycles. The molecule has 0 heterocycles. The summed E-state index contributed by atoms with van der Waals surface area (Å²) in [6, 6.07) is 13.4. The number of carboxylic acids is 1. The van der Waals surface area contributed by atoms with E-state index in [0.29, 0.717) is 6.42 Å². The Morgan fingerprint density at radius 3 is 2.59 bits per heavy atom. The molecular weight excluding hydrogens is 214 g/mol. The van der Waals surface area contributed by atoms with Crippen LogP contribution in [0.3, 0.4) is 0 Å². The van der Waals surface area contributed by atoms with Crippen LogP contribution in [-0.2, 0) is 4.79 Å². The topological polar surface area (TPSA) is 49.3 Å². The number of hydrogen-bond donors (Lipinski definition) is 2. The highest BCUT2D eigenvalue weighted by molar-refractivity contribution is 5.86. The summed E-state index contributed by atoms with van der Waals surface area (Å²) < 4.78 is 0. The zero-order valence-corrected chi connectivity index (χ0v) is 9.68. The molecule has 2 aromatic rings. The molecule has 2 rings (SSSR count). The van der Waals surface area contributed by atoms with Gasteiger partial charge in [0.1, 0.15) is 6.04 Å². The van der Waals surface area contributed by atoms with Crippen LogP contribution in [-0.4, -0.2) is 17.1 Å². The Hall–Kier alpha value is -2.03. The van der Waals surface area contributed by atoms with Crippen molar-refractivity contribution in [3.05, 3.63) is 42.5 Å². The van der Waals surface area contributed by atoms with Crippen molar-refractivity contribution in [2.45, 2.75) is 19.4 Å². The molecule has 0 aromatic heterocycles. The lowest BCUT2D eigenvalue weighted by Crippen LogP contribution is -2.28. The van der Waals surface area contributed by atoms with Crippen molar-refractivity contribution in [2.75, 3.05) is 5.32 Å².